The first-order valence-electron chi connectivity index (χ1n) is 33.9. The standard InChI is InChI=1S/C72H128O6/c1-4-7-10-13-16-19-21-23-25-27-29-30-31-32-33-34-35-36-37-38-39-40-41-42-44-45-47-49-51-53-56-59-62-65-71(74)77-68-69(67-76-70(73)64-61-58-55-18-15-12-9-6-3)78-72(75)66-63-60-57-54-52-50-48-46-43-28-26-24-22-20-17-14-11-8-5-2/h7,10,16,19,23-26,29-30,32-33,69H,4-6,8-9,11-15,17-18,20-22,27-28,31,34-68H2,1-3H3/b10-7-,19-16-,25-23-,26-24-,30-29-,33-32-. The maximum atomic E-state index is 12.9. The lowest BCUT2D eigenvalue weighted by atomic mass is 10.0. The van der Waals surface area contributed by atoms with E-state index in [4.69, 9.17) is 14.2 Å². The maximum Gasteiger partial charge on any atom is 0.306 e. The van der Waals surface area contributed by atoms with Gasteiger partial charge in [-0.3, -0.25) is 14.4 Å². The molecule has 0 rings (SSSR count). The molecule has 0 bridgehead atoms. The molecule has 0 radical (unpaired) electrons. The first-order chi connectivity index (χ1) is 38.5. The van der Waals surface area contributed by atoms with Crippen molar-refractivity contribution in [3.63, 3.8) is 0 Å². The van der Waals surface area contributed by atoms with Crippen molar-refractivity contribution < 1.29 is 28.6 Å². The quantitative estimate of drug-likeness (QED) is 0.0261. The van der Waals surface area contributed by atoms with Crippen LogP contribution in [0.2, 0.25) is 0 Å². The van der Waals surface area contributed by atoms with Crippen LogP contribution in [0, 0.1) is 0 Å². The second kappa shape index (κ2) is 66.4. The van der Waals surface area contributed by atoms with Crippen molar-refractivity contribution >= 4 is 17.9 Å². The van der Waals surface area contributed by atoms with Gasteiger partial charge in [0.05, 0.1) is 0 Å². The summed E-state index contributed by atoms with van der Waals surface area (Å²) < 4.78 is 16.9. The van der Waals surface area contributed by atoms with Gasteiger partial charge in [-0.2, -0.15) is 0 Å². The van der Waals surface area contributed by atoms with E-state index in [0.29, 0.717) is 19.3 Å². The van der Waals surface area contributed by atoms with Crippen LogP contribution in [0.5, 0.6) is 0 Å². The van der Waals surface area contributed by atoms with E-state index in [-0.39, 0.29) is 31.1 Å². The van der Waals surface area contributed by atoms with Gasteiger partial charge in [0.25, 0.3) is 0 Å². The highest BCUT2D eigenvalue weighted by Crippen LogP contribution is 2.17. The molecular formula is C72H128O6. The fourth-order valence-corrected chi connectivity index (χ4v) is 9.88. The molecule has 0 aliphatic heterocycles. The summed E-state index contributed by atoms with van der Waals surface area (Å²) in [6.45, 7) is 6.53. The number of carbonyl (C=O) groups is 3. The zero-order valence-electron chi connectivity index (χ0n) is 51.9. The zero-order valence-corrected chi connectivity index (χ0v) is 51.9. The van der Waals surface area contributed by atoms with Gasteiger partial charge < -0.3 is 14.2 Å². The Balaban J connectivity index is 4.05. The molecule has 0 aliphatic carbocycles. The van der Waals surface area contributed by atoms with Gasteiger partial charge in [0.2, 0.25) is 0 Å². The van der Waals surface area contributed by atoms with E-state index in [1.165, 1.54) is 218 Å². The van der Waals surface area contributed by atoms with Crippen LogP contribution in [0.3, 0.4) is 0 Å². The van der Waals surface area contributed by atoms with E-state index in [9.17, 15) is 14.4 Å². The minimum absolute atomic E-state index is 0.0708. The Morgan fingerprint density at radius 2 is 0.500 bits per heavy atom. The van der Waals surface area contributed by atoms with Gasteiger partial charge in [-0.1, -0.05) is 312 Å². The highest BCUT2D eigenvalue weighted by Gasteiger charge is 2.19. The minimum Gasteiger partial charge on any atom is -0.462 e. The molecule has 78 heavy (non-hydrogen) atoms. The number of esters is 3. The van der Waals surface area contributed by atoms with E-state index in [1.54, 1.807) is 0 Å². The Labute approximate surface area is 484 Å². The fraction of sp³-hybridized carbons (Fsp3) is 0.792. The Morgan fingerprint density at radius 1 is 0.269 bits per heavy atom. The Bertz CT molecular complexity index is 1440. The average molecular weight is 1090 g/mol. The van der Waals surface area contributed by atoms with Crippen molar-refractivity contribution in [2.24, 2.45) is 0 Å². The largest absolute Gasteiger partial charge is 0.462 e. The third kappa shape index (κ3) is 63.7. The molecular weight excluding hydrogens is 961 g/mol. The molecule has 0 heterocycles. The summed E-state index contributed by atoms with van der Waals surface area (Å²) in [6, 6.07) is 0. The minimum atomic E-state index is -0.772. The number of ether oxygens (including phenoxy) is 3. The van der Waals surface area contributed by atoms with Crippen LogP contribution in [0.4, 0.5) is 0 Å². The number of carbonyl (C=O) groups excluding carboxylic acids is 3. The smallest absolute Gasteiger partial charge is 0.306 e. The SMILES string of the molecule is CC/C=C\C/C=C\C/C=C\C/C=C\C/C=C\CCCCCCCCCCCCCCCCCCCC(=O)OCC(COC(=O)CCCCCCCCCC)OC(=O)CCCCCCCCCCC/C=C\CCCCCCCC. The molecule has 0 aromatic heterocycles. The van der Waals surface area contributed by atoms with Crippen LogP contribution in [-0.2, 0) is 28.6 Å². The molecule has 0 aromatic carbocycles. The average Bonchev–Trinajstić information content (AvgIpc) is 3.44. The molecule has 0 saturated carbocycles. The van der Waals surface area contributed by atoms with E-state index in [0.717, 1.165) is 89.9 Å². The van der Waals surface area contributed by atoms with Gasteiger partial charge in [-0.15, -0.1) is 0 Å². The van der Waals surface area contributed by atoms with E-state index in [1.807, 2.05) is 0 Å². The van der Waals surface area contributed by atoms with Crippen LogP contribution >= 0.6 is 0 Å². The summed E-state index contributed by atoms with van der Waals surface area (Å²) in [4.78, 5) is 38.2. The summed E-state index contributed by atoms with van der Waals surface area (Å²) in [5, 5.41) is 0. The van der Waals surface area contributed by atoms with Crippen LogP contribution in [0.1, 0.15) is 348 Å². The molecule has 0 saturated heterocycles. The molecule has 6 heteroatoms. The summed E-state index contributed by atoms with van der Waals surface area (Å²) in [7, 11) is 0. The van der Waals surface area contributed by atoms with Crippen molar-refractivity contribution in [3.8, 4) is 0 Å². The topological polar surface area (TPSA) is 78.9 Å². The fourth-order valence-electron chi connectivity index (χ4n) is 9.88. The predicted octanol–water partition coefficient (Wildman–Crippen LogP) is 23.3. The van der Waals surface area contributed by atoms with Gasteiger partial charge >= 0.3 is 17.9 Å². The molecule has 0 amide bonds. The third-order valence-corrected chi connectivity index (χ3v) is 14.9. The normalized spacial score (nSPS) is 12.5. The lowest BCUT2D eigenvalue weighted by Gasteiger charge is -2.18. The van der Waals surface area contributed by atoms with Crippen molar-refractivity contribution in [2.45, 2.75) is 354 Å². The Kier molecular flexibility index (Phi) is 63.7. The summed E-state index contributed by atoms with van der Waals surface area (Å²) in [6.07, 6.45) is 86.6. The third-order valence-electron chi connectivity index (χ3n) is 14.9. The van der Waals surface area contributed by atoms with Gasteiger partial charge in [0, 0.05) is 19.3 Å². The van der Waals surface area contributed by atoms with Gasteiger partial charge in [-0.05, 0) is 89.9 Å². The van der Waals surface area contributed by atoms with Gasteiger partial charge in [0.15, 0.2) is 6.10 Å². The molecule has 0 N–H and O–H groups in total. The number of unbranched alkanes of at least 4 members (excludes halogenated alkanes) is 39. The molecule has 0 spiro atoms. The summed E-state index contributed by atoms with van der Waals surface area (Å²) >= 11 is 0. The van der Waals surface area contributed by atoms with Crippen molar-refractivity contribution in [3.05, 3.63) is 72.9 Å². The Morgan fingerprint density at radius 3 is 0.795 bits per heavy atom. The predicted molar refractivity (Wildman–Crippen MR) is 339 cm³/mol. The molecule has 0 aromatic rings. The summed E-state index contributed by atoms with van der Waals surface area (Å²) in [5.41, 5.74) is 0. The highest BCUT2D eigenvalue weighted by atomic mass is 16.6. The van der Waals surface area contributed by atoms with Crippen molar-refractivity contribution in [2.75, 3.05) is 13.2 Å². The molecule has 1 atom stereocenters. The van der Waals surface area contributed by atoms with E-state index in [2.05, 4.69) is 93.7 Å². The molecule has 0 fully saturated rings. The first kappa shape index (κ1) is 74.8. The van der Waals surface area contributed by atoms with Gasteiger partial charge in [0.1, 0.15) is 13.2 Å². The van der Waals surface area contributed by atoms with E-state index < -0.39 is 6.10 Å². The number of rotatable bonds is 62. The maximum absolute atomic E-state index is 12.9. The lowest BCUT2D eigenvalue weighted by molar-refractivity contribution is -0.167. The summed E-state index contributed by atoms with van der Waals surface area (Å²) in [5.74, 6) is -0.859. The van der Waals surface area contributed by atoms with E-state index >= 15 is 0 Å². The molecule has 1 unspecified atom stereocenters. The number of allylic oxidation sites excluding steroid dienone is 12. The number of hydrogen-bond acceptors (Lipinski definition) is 6. The monoisotopic (exact) mass is 1090 g/mol. The molecule has 0 aliphatic rings. The van der Waals surface area contributed by atoms with Crippen LogP contribution in [0.25, 0.3) is 0 Å². The first-order valence-corrected chi connectivity index (χ1v) is 33.9. The highest BCUT2D eigenvalue weighted by molar-refractivity contribution is 5.71. The van der Waals surface area contributed by atoms with Crippen LogP contribution in [-0.4, -0.2) is 37.2 Å². The van der Waals surface area contributed by atoms with Crippen LogP contribution in [0.15, 0.2) is 72.9 Å². The zero-order chi connectivity index (χ0) is 56.4. The van der Waals surface area contributed by atoms with Crippen LogP contribution < -0.4 is 0 Å². The molecule has 6 nitrogen and oxygen atoms in total. The molecule has 452 valence electrons. The van der Waals surface area contributed by atoms with Gasteiger partial charge in [-0.25, -0.2) is 0 Å². The van der Waals surface area contributed by atoms with Crippen molar-refractivity contribution in [1.29, 1.82) is 0 Å². The second-order valence-corrected chi connectivity index (χ2v) is 22.7. The lowest BCUT2D eigenvalue weighted by Crippen LogP contribution is -2.30. The number of hydrogen-bond donors (Lipinski definition) is 0. The Hall–Kier alpha value is -3.15. The van der Waals surface area contributed by atoms with Crippen molar-refractivity contribution in [1.82, 2.24) is 0 Å². The second-order valence-electron chi connectivity index (χ2n) is 22.7.